The quantitative estimate of drug-likeness (QED) is 0.488. The first-order valence-electron chi connectivity index (χ1n) is 8.55. The molecule has 148 valence electrons. The number of nitrogens with one attached hydrogen (secondary N) is 1. The van der Waals surface area contributed by atoms with E-state index in [1.807, 2.05) is 0 Å². The van der Waals surface area contributed by atoms with Gasteiger partial charge in [-0.05, 0) is 12.8 Å². The Morgan fingerprint density at radius 3 is 2.81 bits per heavy atom. The summed E-state index contributed by atoms with van der Waals surface area (Å²) in [6.45, 7) is 2.04. The van der Waals surface area contributed by atoms with Gasteiger partial charge in [-0.3, -0.25) is 23.4 Å². The van der Waals surface area contributed by atoms with Gasteiger partial charge >= 0.3 is 13.5 Å². The van der Waals surface area contributed by atoms with Gasteiger partial charge in [-0.25, -0.2) is 9.36 Å². The summed E-state index contributed by atoms with van der Waals surface area (Å²) in [6, 6.07) is 0. The highest BCUT2D eigenvalue weighted by molar-refractivity contribution is 7.47. The maximum atomic E-state index is 12.1. The van der Waals surface area contributed by atoms with Crippen LogP contribution < -0.4 is 17.4 Å². The van der Waals surface area contributed by atoms with E-state index in [1.165, 1.54) is 10.8 Å². The number of nitrogens with zero attached hydrogens (tertiary/aromatic N) is 1. The zero-order valence-electron chi connectivity index (χ0n) is 14.8. The van der Waals surface area contributed by atoms with E-state index in [9.17, 15) is 19.0 Å². The molecule has 1 unspecified atom stereocenters. The molecule has 5 N–H and O–H groups in total. The van der Waals surface area contributed by atoms with E-state index in [2.05, 4.69) is 11.9 Å². The molecule has 0 spiro atoms. The number of rotatable bonds is 6. The third-order valence-corrected chi connectivity index (χ3v) is 5.52. The van der Waals surface area contributed by atoms with Gasteiger partial charge in [0.25, 0.3) is 5.56 Å². The van der Waals surface area contributed by atoms with Crippen LogP contribution >= 0.6 is 7.82 Å². The second kappa shape index (κ2) is 8.60. The molecule has 0 amide bonds. The Morgan fingerprint density at radius 1 is 1.31 bits per heavy atom. The molecule has 0 aromatic carbocycles. The van der Waals surface area contributed by atoms with Crippen molar-refractivity contribution in [3.8, 4) is 0 Å². The number of fused-ring (bicyclic) bond motifs is 1. The van der Waals surface area contributed by atoms with Crippen LogP contribution in [0.15, 0.2) is 15.8 Å². The molecular formula is C15H26N3O7P. The van der Waals surface area contributed by atoms with Gasteiger partial charge in [-0.15, -0.1) is 0 Å². The van der Waals surface area contributed by atoms with Gasteiger partial charge in [0.1, 0.15) is 18.4 Å². The summed E-state index contributed by atoms with van der Waals surface area (Å²) in [5.74, 6) is 0. The topological polar surface area (TPSA) is 155 Å². The second-order valence-corrected chi connectivity index (χ2v) is 7.81. The number of unbranched alkanes of at least 4 members (excludes halogenated alkanes) is 3. The lowest BCUT2D eigenvalue weighted by Gasteiger charge is -2.26. The van der Waals surface area contributed by atoms with Crippen molar-refractivity contribution in [3.05, 3.63) is 32.6 Å². The highest BCUT2D eigenvalue weighted by Crippen LogP contribution is 2.52. The fourth-order valence-corrected chi connectivity index (χ4v) is 4.12. The highest BCUT2D eigenvalue weighted by Gasteiger charge is 2.46. The van der Waals surface area contributed by atoms with E-state index in [-0.39, 0.29) is 24.7 Å². The summed E-state index contributed by atoms with van der Waals surface area (Å²) in [7, 11) is -4.05. The van der Waals surface area contributed by atoms with E-state index in [4.69, 9.17) is 13.8 Å². The molecule has 0 bridgehead atoms. The Labute approximate surface area is 150 Å². The highest BCUT2D eigenvalue weighted by atomic mass is 31.2. The van der Waals surface area contributed by atoms with Gasteiger partial charge in [0.15, 0.2) is 0 Å². The Hall–Kier alpha value is -1.29. The Balaban J connectivity index is 0.00000243. The molecule has 2 saturated heterocycles. The third-order valence-electron chi connectivity index (χ3n) is 4.50. The molecule has 10 nitrogen and oxygen atoms in total. The zero-order valence-corrected chi connectivity index (χ0v) is 15.7. The first-order valence-corrected chi connectivity index (χ1v) is 10.0. The van der Waals surface area contributed by atoms with Crippen molar-refractivity contribution < 1.29 is 23.2 Å². The largest absolute Gasteiger partial charge is 0.472 e. The molecule has 2 aliphatic rings. The van der Waals surface area contributed by atoms with Crippen molar-refractivity contribution in [1.82, 2.24) is 15.7 Å². The molecule has 0 saturated carbocycles. The zero-order chi connectivity index (χ0) is 18.0. The lowest BCUT2D eigenvalue weighted by molar-refractivity contribution is -0.0680. The van der Waals surface area contributed by atoms with E-state index < -0.39 is 31.9 Å². The minimum Gasteiger partial charge on any atom is -0.349 e. The van der Waals surface area contributed by atoms with Gasteiger partial charge in [0.05, 0.1) is 6.61 Å². The van der Waals surface area contributed by atoms with E-state index >= 15 is 0 Å². The van der Waals surface area contributed by atoms with Crippen LogP contribution in [0.2, 0.25) is 0 Å². The minimum absolute atomic E-state index is 0. The number of aromatic nitrogens is 2. The van der Waals surface area contributed by atoms with Crippen molar-refractivity contribution in [1.29, 1.82) is 0 Å². The number of H-pyrrole nitrogens is 1. The number of aryl methyl sites for hydroxylation is 1. The molecule has 0 aliphatic carbocycles. The number of aromatic amines is 1. The minimum atomic E-state index is -4.05. The molecule has 0 radical (unpaired) electrons. The summed E-state index contributed by atoms with van der Waals surface area (Å²) in [5, 5.41) is 0. The van der Waals surface area contributed by atoms with Crippen molar-refractivity contribution >= 4 is 7.82 Å². The van der Waals surface area contributed by atoms with Crippen molar-refractivity contribution in [3.63, 3.8) is 0 Å². The Morgan fingerprint density at radius 2 is 2.08 bits per heavy atom. The van der Waals surface area contributed by atoms with E-state index in [0.717, 1.165) is 25.7 Å². The summed E-state index contributed by atoms with van der Waals surface area (Å²) in [5.41, 5.74) is -0.425. The molecule has 3 heterocycles. The van der Waals surface area contributed by atoms with Crippen LogP contribution in [0.3, 0.4) is 0 Å². The average Bonchev–Trinajstić information content (AvgIpc) is 2.94. The monoisotopic (exact) mass is 391 g/mol. The maximum absolute atomic E-state index is 12.1. The van der Waals surface area contributed by atoms with Crippen molar-refractivity contribution in [2.24, 2.45) is 0 Å². The first kappa shape index (κ1) is 21.0. The number of phosphoric ester groups is 1. The molecular weight excluding hydrogens is 365 g/mol. The van der Waals surface area contributed by atoms with E-state index in [0.29, 0.717) is 12.0 Å². The molecule has 11 heteroatoms. The van der Waals surface area contributed by atoms with Crippen LogP contribution in [0.25, 0.3) is 0 Å². The Bertz CT molecular complexity index is 777. The van der Waals surface area contributed by atoms with Crippen LogP contribution in [-0.4, -0.2) is 33.3 Å². The summed E-state index contributed by atoms with van der Waals surface area (Å²) in [4.78, 5) is 35.8. The smallest absolute Gasteiger partial charge is 0.349 e. The average molecular weight is 391 g/mol. The number of phosphoric acid groups is 1. The molecule has 2 fully saturated rings. The first-order chi connectivity index (χ1) is 11.9. The summed E-state index contributed by atoms with van der Waals surface area (Å²) < 4.78 is 28.3. The van der Waals surface area contributed by atoms with Crippen LogP contribution in [0.4, 0.5) is 0 Å². The predicted molar refractivity (Wildman–Crippen MR) is 93.4 cm³/mol. The summed E-state index contributed by atoms with van der Waals surface area (Å²) in [6.07, 6.45) is 4.63. The van der Waals surface area contributed by atoms with Crippen LogP contribution in [-0.2, 0) is 24.8 Å². The van der Waals surface area contributed by atoms with E-state index in [1.54, 1.807) is 0 Å². The summed E-state index contributed by atoms with van der Waals surface area (Å²) >= 11 is 0. The van der Waals surface area contributed by atoms with Crippen molar-refractivity contribution in [2.45, 2.75) is 63.9 Å². The second-order valence-electron chi connectivity index (χ2n) is 6.40. The normalized spacial score (nSPS) is 30.6. The Kier molecular flexibility index (Phi) is 6.95. The van der Waals surface area contributed by atoms with Crippen LogP contribution in [0.5, 0.6) is 0 Å². The number of ether oxygens (including phenoxy) is 1. The van der Waals surface area contributed by atoms with Crippen LogP contribution in [0.1, 0.15) is 50.8 Å². The van der Waals surface area contributed by atoms with Gasteiger partial charge in [-0.2, -0.15) is 0 Å². The fraction of sp³-hybridized carbons (Fsp3) is 0.733. The molecule has 1 aromatic rings. The lowest BCUT2D eigenvalue weighted by atomic mass is 10.1. The number of hydrogen-bond donors (Lipinski definition) is 3. The van der Waals surface area contributed by atoms with Gasteiger partial charge in [-0.1, -0.05) is 26.2 Å². The standard InChI is InChI=1S/C15H23N2O7P.H3N/c1-2-3-4-5-6-10-8-17(15(19)16-14(10)18)13-7-11-12(23-13)9-22-25(20,21)24-11;/h8,11-13H,2-7,9H2,1H3,(H,20,21)(H,16,18,19);1H3/t11-,12+,13+;/m0./s1. The molecule has 26 heavy (non-hydrogen) atoms. The van der Waals surface area contributed by atoms with Crippen LogP contribution in [0, 0.1) is 0 Å². The van der Waals surface area contributed by atoms with Gasteiger partial charge < -0.3 is 15.8 Å². The van der Waals surface area contributed by atoms with Crippen molar-refractivity contribution in [2.75, 3.05) is 6.61 Å². The maximum Gasteiger partial charge on any atom is 0.472 e. The number of hydrogen-bond acceptors (Lipinski definition) is 7. The fourth-order valence-electron chi connectivity index (χ4n) is 3.16. The third kappa shape index (κ3) is 4.70. The molecule has 4 atom stereocenters. The van der Waals surface area contributed by atoms with Gasteiger partial charge in [0.2, 0.25) is 0 Å². The molecule has 1 aromatic heterocycles. The lowest BCUT2D eigenvalue weighted by Crippen LogP contribution is -2.34. The predicted octanol–water partition coefficient (Wildman–Crippen LogP) is 1.62. The molecule has 3 rings (SSSR count). The SMILES string of the molecule is CCCCCCc1cn([C@H]2C[C@@H]3OP(=O)(O)OC[C@H]3O2)c(=O)[nH]c1=O.N. The van der Waals surface area contributed by atoms with Gasteiger partial charge in [0, 0.05) is 18.2 Å². The molecule has 2 aliphatic heterocycles.